The lowest BCUT2D eigenvalue weighted by atomic mass is 10.0. The maximum Gasteiger partial charge on any atom is 0.294 e. The number of nitrogens with zero attached hydrogens (tertiary/aromatic N) is 2. The topological polar surface area (TPSA) is 66.9 Å². The van der Waals surface area contributed by atoms with E-state index < -0.39 is 11.1 Å². The van der Waals surface area contributed by atoms with Crippen molar-refractivity contribution in [3.8, 4) is 5.75 Å². The van der Waals surface area contributed by atoms with Crippen molar-refractivity contribution in [2.45, 2.75) is 32.2 Å². The number of likely N-dealkylation sites (tertiary alicyclic amines) is 1. The molecule has 3 rings (SSSR count). The first-order valence-electron chi connectivity index (χ1n) is 8.89. The zero-order valence-electron chi connectivity index (χ0n) is 15.5. The number of carbonyl (C=O) groups is 3. The maximum atomic E-state index is 12.7. The third kappa shape index (κ3) is 4.31. The first kappa shape index (κ1) is 21.0. The van der Waals surface area contributed by atoms with Gasteiger partial charge in [-0.05, 0) is 56.2 Å². The van der Waals surface area contributed by atoms with Crippen LogP contribution in [0.15, 0.2) is 17.0 Å². The number of ether oxygens (including phenoxy) is 1. The number of thioether (sulfide) groups is 1. The molecule has 0 spiro atoms. The van der Waals surface area contributed by atoms with E-state index in [1.165, 1.54) is 19.3 Å². The summed E-state index contributed by atoms with van der Waals surface area (Å²) < 4.78 is 5.27. The van der Waals surface area contributed by atoms with Gasteiger partial charge in [0.25, 0.3) is 11.1 Å². The smallest absolute Gasteiger partial charge is 0.294 e. The van der Waals surface area contributed by atoms with Crippen LogP contribution in [-0.4, -0.2) is 53.1 Å². The minimum Gasteiger partial charge on any atom is -0.495 e. The van der Waals surface area contributed by atoms with Gasteiger partial charge in [-0.15, -0.1) is 0 Å². The van der Waals surface area contributed by atoms with Crippen molar-refractivity contribution in [2.24, 2.45) is 0 Å². The van der Waals surface area contributed by atoms with Gasteiger partial charge in [0, 0.05) is 23.2 Å². The molecule has 2 fully saturated rings. The van der Waals surface area contributed by atoms with Gasteiger partial charge in [-0.3, -0.25) is 19.3 Å². The van der Waals surface area contributed by atoms with E-state index in [4.69, 9.17) is 27.9 Å². The van der Waals surface area contributed by atoms with Crippen LogP contribution in [0.4, 0.5) is 4.79 Å². The van der Waals surface area contributed by atoms with Crippen LogP contribution in [0.3, 0.4) is 0 Å². The van der Waals surface area contributed by atoms with E-state index >= 15 is 0 Å². The molecular formula is C19H20Cl2N2O4S. The molecule has 0 aromatic heterocycles. The van der Waals surface area contributed by atoms with Gasteiger partial charge in [-0.1, -0.05) is 23.2 Å². The number of carbonyl (C=O) groups excluding carboxylic acids is 3. The van der Waals surface area contributed by atoms with Crippen molar-refractivity contribution in [2.75, 3.05) is 20.2 Å². The number of imide groups is 1. The predicted molar refractivity (Wildman–Crippen MR) is 111 cm³/mol. The van der Waals surface area contributed by atoms with Gasteiger partial charge in [0.2, 0.25) is 5.91 Å². The molecular weight excluding hydrogens is 423 g/mol. The van der Waals surface area contributed by atoms with Crippen molar-refractivity contribution in [3.63, 3.8) is 0 Å². The highest BCUT2D eigenvalue weighted by Crippen LogP contribution is 2.38. The molecule has 0 unspecified atom stereocenters. The number of amides is 3. The van der Waals surface area contributed by atoms with Crippen LogP contribution in [0.2, 0.25) is 10.0 Å². The molecule has 2 saturated heterocycles. The van der Waals surface area contributed by atoms with Gasteiger partial charge in [-0.2, -0.15) is 0 Å². The summed E-state index contributed by atoms with van der Waals surface area (Å²) in [5.41, 5.74) is 0.487. The van der Waals surface area contributed by atoms with E-state index in [1.54, 1.807) is 11.0 Å². The van der Waals surface area contributed by atoms with E-state index in [1.807, 2.05) is 6.92 Å². The van der Waals surface area contributed by atoms with Crippen molar-refractivity contribution >= 4 is 58.1 Å². The average Bonchev–Trinajstić information content (AvgIpc) is 2.89. The largest absolute Gasteiger partial charge is 0.495 e. The molecule has 0 bridgehead atoms. The molecule has 0 saturated carbocycles. The minimum atomic E-state index is -0.508. The van der Waals surface area contributed by atoms with Crippen molar-refractivity contribution in [1.29, 1.82) is 0 Å². The molecule has 0 N–H and O–H groups in total. The highest BCUT2D eigenvalue weighted by molar-refractivity contribution is 8.18. The molecule has 2 aliphatic heterocycles. The van der Waals surface area contributed by atoms with Gasteiger partial charge < -0.3 is 9.64 Å². The molecule has 0 aliphatic carbocycles. The van der Waals surface area contributed by atoms with Crippen LogP contribution in [0.1, 0.15) is 31.7 Å². The molecule has 6 nitrogen and oxygen atoms in total. The SMILES string of the molecule is COc1c(Cl)cc(Cl)cc1/C=C1\SC(=O)N(CC(=O)N2CCCC[C@H]2C)C1=O. The van der Waals surface area contributed by atoms with E-state index in [0.29, 0.717) is 27.9 Å². The summed E-state index contributed by atoms with van der Waals surface area (Å²) in [5, 5.41) is 0.210. The summed E-state index contributed by atoms with van der Waals surface area (Å²) in [4.78, 5) is 40.6. The van der Waals surface area contributed by atoms with Gasteiger partial charge >= 0.3 is 0 Å². The number of hydrogen-bond acceptors (Lipinski definition) is 5. The van der Waals surface area contributed by atoms with Gasteiger partial charge in [-0.25, -0.2) is 0 Å². The third-order valence-electron chi connectivity index (χ3n) is 4.82. The molecule has 1 atom stereocenters. The van der Waals surface area contributed by atoms with Crippen LogP contribution in [-0.2, 0) is 9.59 Å². The fourth-order valence-electron chi connectivity index (χ4n) is 3.38. The summed E-state index contributed by atoms with van der Waals surface area (Å²) >= 11 is 12.9. The number of piperidine rings is 1. The van der Waals surface area contributed by atoms with E-state index in [-0.39, 0.29) is 23.4 Å². The van der Waals surface area contributed by atoms with Gasteiger partial charge in [0.1, 0.15) is 12.3 Å². The Hall–Kier alpha value is -1.70. The van der Waals surface area contributed by atoms with Crippen LogP contribution in [0.5, 0.6) is 5.75 Å². The highest BCUT2D eigenvalue weighted by Gasteiger charge is 2.38. The Balaban J connectivity index is 1.80. The quantitative estimate of drug-likeness (QED) is 0.644. The van der Waals surface area contributed by atoms with Crippen molar-refractivity contribution in [1.82, 2.24) is 9.80 Å². The van der Waals surface area contributed by atoms with Crippen molar-refractivity contribution in [3.05, 3.63) is 32.6 Å². The normalized spacial score (nSPS) is 21.6. The molecule has 150 valence electrons. The lowest BCUT2D eigenvalue weighted by Gasteiger charge is -2.34. The molecule has 28 heavy (non-hydrogen) atoms. The highest BCUT2D eigenvalue weighted by atomic mass is 35.5. The number of benzene rings is 1. The molecule has 9 heteroatoms. The number of methoxy groups -OCH3 is 1. The van der Waals surface area contributed by atoms with E-state index in [0.717, 1.165) is 35.9 Å². The van der Waals surface area contributed by atoms with Crippen LogP contribution < -0.4 is 4.74 Å². The Kier molecular flexibility index (Phi) is 6.58. The summed E-state index contributed by atoms with van der Waals surface area (Å²) in [6, 6.07) is 3.25. The minimum absolute atomic E-state index is 0.120. The van der Waals surface area contributed by atoms with Gasteiger partial charge in [0.05, 0.1) is 17.0 Å². The third-order valence-corrected chi connectivity index (χ3v) is 6.22. The fourth-order valence-corrected chi connectivity index (χ4v) is 4.79. The second-order valence-electron chi connectivity index (χ2n) is 6.71. The van der Waals surface area contributed by atoms with Crippen LogP contribution in [0.25, 0.3) is 6.08 Å². The Morgan fingerprint density at radius 3 is 2.75 bits per heavy atom. The van der Waals surface area contributed by atoms with E-state index in [9.17, 15) is 14.4 Å². The molecule has 2 aliphatic rings. The lowest BCUT2D eigenvalue weighted by Crippen LogP contribution is -2.47. The lowest BCUT2D eigenvalue weighted by molar-refractivity contribution is -0.138. The van der Waals surface area contributed by atoms with Crippen molar-refractivity contribution < 1.29 is 19.1 Å². The second-order valence-corrected chi connectivity index (χ2v) is 8.55. The Bertz CT molecular complexity index is 859. The zero-order valence-corrected chi connectivity index (χ0v) is 17.9. The summed E-state index contributed by atoms with van der Waals surface area (Å²) in [6.45, 7) is 2.39. The van der Waals surface area contributed by atoms with Crippen LogP contribution >= 0.6 is 35.0 Å². The molecule has 1 aromatic rings. The Morgan fingerprint density at radius 1 is 1.32 bits per heavy atom. The monoisotopic (exact) mass is 442 g/mol. The summed E-state index contributed by atoms with van der Waals surface area (Å²) in [5.74, 6) is -0.360. The summed E-state index contributed by atoms with van der Waals surface area (Å²) in [6.07, 6.45) is 4.46. The zero-order chi connectivity index (χ0) is 20.4. The standard InChI is InChI=1S/C19H20Cl2N2O4S/c1-11-5-3-4-6-22(11)16(24)10-23-18(25)15(28-19(23)26)8-12-7-13(20)9-14(21)17(12)27-2/h7-9,11H,3-6,10H2,1-2H3/b15-8-/t11-/m1/s1. The predicted octanol–water partition coefficient (Wildman–Crippen LogP) is 4.44. The molecule has 3 amide bonds. The average molecular weight is 443 g/mol. The second kappa shape index (κ2) is 8.76. The number of hydrogen-bond donors (Lipinski definition) is 0. The first-order chi connectivity index (χ1) is 13.3. The Labute approximate surface area is 177 Å². The fraction of sp³-hybridized carbons (Fsp3) is 0.421. The number of halogens is 2. The number of rotatable bonds is 4. The maximum absolute atomic E-state index is 12.7. The Morgan fingerprint density at radius 2 is 2.07 bits per heavy atom. The molecule has 0 radical (unpaired) electrons. The van der Waals surface area contributed by atoms with E-state index in [2.05, 4.69) is 0 Å². The van der Waals surface area contributed by atoms with Crippen LogP contribution in [0, 0.1) is 0 Å². The molecule has 2 heterocycles. The molecule has 1 aromatic carbocycles. The van der Waals surface area contributed by atoms with Gasteiger partial charge in [0.15, 0.2) is 0 Å². The first-order valence-corrected chi connectivity index (χ1v) is 10.5. The summed E-state index contributed by atoms with van der Waals surface area (Å²) in [7, 11) is 1.46.